The number of nitrogens with zero attached hydrogens (tertiary/aromatic N) is 2. The molecule has 70 valence electrons. The van der Waals surface area contributed by atoms with Crippen LogP contribution in [0.25, 0.3) is 0 Å². The van der Waals surface area contributed by atoms with Gasteiger partial charge in [-0.25, -0.2) is 4.84 Å². The van der Waals surface area contributed by atoms with Crippen molar-refractivity contribution in [2.45, 2.75) is 0 Å². The summed E-state index contributed by atoms with van der Waals surface area (Å²) in [5.41, 5.74) is 0. The van der Waals surface area contributed by atoms with Crippen LogP contribution < -0.4 is 9.57 Å². The first-order valence-corrected chi connectivity index (χ1v) is 4.04. The molecule has 0 aromatic carbocycles. The van der Waals surface area contributed by atoms with Crippen LogP contribution in [0.2, 0.25) is 0 Å². The van der Waals surface area contributed by atoms with Crippen LogP contribution in [0.4, 0.5) is 4.79 Å². The standard InChI is InChI=1S/C5H4N2O5S/c8-5(12-13(9)10)11-7-3-1-2-6-4-7/h1-4H/p+1. The molecule has 1 aromatic heterocycles. The Morgan fingerprint density at radius 1 is 1.62 bits per heavy atom. The van der Waals surface area contributed by atoms with Crippen molar-refractivity contribution in [3.8, 4) is 0 Å². The smallest absolute Gasteiger partial charge is 0.307 e. The van der Waals surface area contributed by atoms with Gasteiger partial charge in [0.1, 0.15) is 12.4 Å². The number of carbonyl (C=O) groups excluding carboxylic acids is 1. The SMILES string of the molecule is O=C(O[n+]1cccnc1)OS(=O)O. The van der Waals surface area contributed by atoms with Gasteiger partial charge >= 0.3 is 23.8 Å². The van der Waals surface area contributed by atoms with Crippen LogP contribution in [-0.2, 0) is 15.5 Å². The van der Waals surface area contributed by atoms with E-state index in [2.05, 4.69) is 14.0 Å². The number of hydrogen-bond acceptors (Lipinski definition) is 5. The summed E-state index contributed by atoms with van der Waals surface area (Å²) in [5.74, 6) is 0. The van der Waals surface area contributed by atoms with Crippen molar-refractivity contribution in [3.63, 3.8) is 0 Å². The summed E-state index contributed by atoms with van der Waals surface area (Å²) in [6.45, 7) is 0. The summed E-state index contributed by atoms with van der Waals surface area (Å²) in [6, 6.07) is 1.50. The quantitative estimate of drug-likeness (QED) is 0.495. The predicted molar refractivity (Wildman–Crippen MR) is 38.3 cm³/mol. The molecular formula is C5H5N2O5S+. The summed E-state index contributed by atoms with van der Waals surface area (Å²) in [7, 11) is 0. The van der Waals surface area contributed by atoms with Crippen molar-refractivity contribution in [3.05, 3.63) is 24.8 Å². The Bertz CT molecular complexity index is 316. The summed E-state index contributed by atoms with van der Waals surface area (Å²) < 4.78 is 22.8. The van der Waals surface area contributed by atoms with Gasteiger partial charge in [0.05, 0.1) is 0 Å². The second kappa shape index (κ2) is 4.48. The molecule has 0 saturated heterocycles. The molecule has 0 radical (unpaired) electrons. The fourth-order valence-electron chi connectivity index (χ4n) is 0.529. The first-order chi connectivity index (χ1) is 6.18. The van der Waals surface area contributed by atoms with Gasteiger partial charge in [0.15, 0.2) is 0 Å². The topological polar surface area (TPSA) is 89.6 Å². The zero-order chi connectivity index (χ0) is 9.68. The molecule has 0 aliphatic heterocycles. The Morgan fingerprint density at radius 3 is 2.92 bits per heavy atom. The van der Waals surface area contributed by atoms with Crippen LogP contribution >= 0.6 is 0 Å². The van der Waals surface area contributed by atoms with Crippen molar-refractivity contribution < 1.29 is 27.3 Å². The van der Waals surface area contributed by atoms with E-state index < -0.39 is 17.5 Å². The maximum absolute atomic E-state index is 10.6. The summed E-state index contributed by atoms with van der Waals surface area (Å²) in [6.07, 6.45) is 2.73. The average molecular weight is 205 g/mol. The highest BCUT2D eigenvalue weighted by Crippen LogP contribution is 1.80. The monoisotopic (exact) mass is 205 g/mol. The Kier molecular flexibility index (Phi) is 3.29. The van der Waals surface area contributed by atoms with Crippen LogP contribution in [-0.4, -0.2) is 19.9 Å². The molecule has 13 heavy (non-hydrogen) atoms. The van der Waals surface area contributed by atoms with E-state index in [0.717, 1.165) is 4.73 Å². The van der Waals surface area contributed by atoms with Gasteiger partial charge in [0.2, 0.25) is 0 Å². The molecule has 1 rings (SSSR count). The first kappa shape index (κ1) is 9.55. The Labute approximate surface area is 75.4 Å². The predicted octanol–water partition coefficient (Wildman–Crippen LogP) is -0.929. The summed E-state index contributed by atoms with van der Waals surface area (Å²) in [5, 5.41) is 0. The lowest BCUT2D eigenvalue weighted by molar-refractivity contribution is -0.872. The molecule has 0 amide bonds. The number of hydrogen-bond donors (Lipinski definition) is 1. The molecule has 1 heterocycles. The van der Waals surface area contributed by atoms with Gasteiger partial charge in [0, 0.05) is 6.07 Å². The van der Waals surface area contributed by atoms with Gasteiger partial charge in [-0.15, -0.1) is 0 Å². The largest absolute Gasteiger partial charge is 0.568 e. The molecule has 0 aliphatic carbocycles. The molecule has 1 unspecified atom stereocenters. The van der Waals surface area contributed by atoms with E-state index >= 15 is 0 Å². The molecule has 0 saturated carbocycles. The minimum absolute atomic E-state index is 0.926. The lowest BCUT2D eigenvalue weighted by atomic mass is 10.7. The fraction of sp³-hybridized carbons (Fsp3) is 0. The normalized spacial score (nSPS) is 11.8. The molecule has 0 fully saturated rings. The van der Waals surface area contributed by atoms with Crippen molar-refractivity contribution in [1.29, 1.82) is 0 Å². The zero-order valence-corrected chi connectivity index (χ0v) is 7.01. The van der Waals surface area contributed by atoms with Crippen LogP contribution in [0, 0.1) is 0 Å². The lowest BCUT2D eigenvalue weighted by Gasteiger charge is -1.95. The maximum atomic E-state index is 10.6. The van der Waals surface area contributed by atoms with Gasteiger partial charge < -0.3 is 4.18 Å². The molecule has 7 nitrogen and oxygen atoms in total. The number of carbonyl (C=O) groups is 1. The van der Waals surface area contributed by atoms with E-state index in [1.807, 2.05) is 0 Å². The van der Waals surface area contributed by atoms with Gasteiger partial charge in [-0.3, -0.25) is 4.55 Å². The molecular weight excluding hydrogens is 200 g/mol. The van der Waals surface area contributed by atoms with Crippen LogP contribution in [0.15, 0.2) is 24.8 Å². The lowest BCUT2D eigenvalue weighted by Crippen LogP contribution is -2.45. The summed E-state index contributed by atoms with van der Waals surface area (Å²) >= 11 is -2.68. The van der Waals surface area contributed by atoms with Gasteiger partial charge in [-0.1, -0.05) is 4.98 Å². The Hall–Kier alpha value is -1.54. The number of aromatic nitrogens is 2. The van der Waals surface area contributed by atoms with E-state index in [-0.39, 0.29) is 0 Å². The fourth-order valence-corrected chi connectivity index (χ4v) is 0.676. The van der Waals surface area contributed by atoms with Gasteiger partial charge in [-0.2, -0.15) is 9.00 Å². The minimum Gasteiger partial charge on any atom is -0.307 e. The molecule has 0 aliphatic rings. The van der Waals surface area contributed by atoms with E-state index in [0.29, 0.717) is 0 Å². The van der Waals surface area contributed by atoms with Crippen LogP contribution in [0.5, 0.6) is 0 Å². The van der Waals surface area contributed by atoms with Gasteiger partial charge in [0.25, 0.3) is 0 Å². The van der Waals surface area contributed by atoms with E-state index in [1.54, 1.807) is 0 Å². The third-order valence-electron chi connectivity index (χ3n) is 0.905. The second-order valence-electron chi connectivity index (χ2n) is 1.76. The zero-order valence-electron chi connectivity index (χ0n) is 6.19. The minimum atomic E-state index is -2.68. The molecule has 0 spiro atoms. The van der Waals surface area contributed by atoms with Crippen molar-refractivity contribution in [2.24, 2.45) is 0 Å². The number of rotatable bonds is 2. The molecule has 1 N–H and O–H groups in total. The highest BCUT2D eigenvalue weighted by Gasteiger charge is 2.12. The van der Waals surface area contributed by atoms with Crippen molar-refractivity contribution in [2.75, 3.05) is 0 Å². The highest BCUT2D eigenvalue weighted by molar-refractivity contribution is 7.74. The highest BCUT2D eigenvalue weighted by atomic mass is 32.2. The maximum Gasteiger partial charge on any atom is 0.568 e. The second-order valence-corrected chi connectivity index (χ2v) is 2.36. The average Bonchev–Trinajstić information content (AvgIpc) is 2.04. The van der Waals surface area contributed by atoms with Crippen molar-refractivity contribution in [1.82, 2.24) is 4.98 Å². The third-order valence-corrected chi connectivity index (χ3v) is 1.18. The molecule has 8 heteroatoms. The molecule has 0 bridgehead atoms. The Morgan fingerprint density at radius 2 is 2.38 bits per heavy atom. The van der Waals surface area contributed by atoms with Crippen LogP contribution in [0.1, 0.15) is 0 Å². The molecule has 1 atom stereocenters. The van der Waals surface area contributed by atoms with E-state index in [1.165, 1.54) is 24.8 Å². The van der Waals surface area contributed by atoms with Gasteiger partial charge in [-0.05, 0) is 4.73 Å². The van der Waals surface area contributed by atoms with Crippen LogP contribution in [0.3, 0.4) is 0 Å². The van der Waals surface area contributed by atoms with E-state index in [4.69, 9.17) is 4.55 Å². The van der Waals surface area contributed by atoms with E-state index in [9.17, 15) is 9.00 Å². The summed E-state index contributed by atoms with van der Waals surface area (Å²) in [4.78, 5) is 18.6. The first-order valence-electron chi connectivity index (χ1n) is 3.01. The molecule has 1 aromatic rings. The Balaban J connectivity index is 2.50. The third kappa shape index (κ3) is 3.58. The van der Waals surface area contributed by atoms with Crippen molar-refractivity contribution >= 4 is 17.5 Å².